The molecule has 1 heterocycles. The number of rotatable bonds is 6. The van der Waals surface area contributed by atoms with Crippen LogP contribution in [0.2, 0.25) is 10.0 Å². The number of ether oxygens (including phenoxy) is 1. The molecule has 4 nitrogen and oxygen atoms in total. The first-order valence-electron chi connectivity index (χ1n) is 8.50. The number of halogens is 2. The molecule has 1 aromatic heterocycles. The molecule has 3 aromatic rings. The van der Waals surface area contributed by atoms with Crippen LogP contribution in [0, 0.1) is 0 Å². The second-order valence-electron chi connectivity index (χ2n) is 5.90. The summed E-state index contributed by atoms with van der Waals surface area (Å²) < 4.78 is 5.75. The number of nitrogens with zero attached hydrogens (tertiary/aromatic N) is 1. The molecule has 0 spiro atoms. The van der Waals surface area contributed by atoms with Crippen LogP contribution in [0.4, 0.5) is 5.69 Å². The topological polar surface area (TPSA) is 51.2 Å². The summed E-state index contributed by atoms with van der Waals surface area (Å²) in [6, 6.07) is 16.2. The lowest BCUT2D eigenvalue weighted by atomic mass is 10.1. The van der Waals surface area contributed by atoms with Crippen molar-refractivity contribution in [2.45, 2.75) is 19.8 Å². The largest absolute Gasteiger partial charge is 0.457 e. The minimum absolute atomic E-state index is 0.142. The summed E-state index contributed by atoms with van der Waals surface area (Å²) in [5.74, 6) is 1.24. The number of nitrogens with one attached hydrogen (secondary N) is 1. The molecule has 2 aromatic carbocycles. The van der Waals surface area contributed by atoms with E-state index in [9.17, 15) is 4.79 Å². The van der Waals surface area contributed by atoms with E-state index in [1.165, 1.54) is 0 Å². The van der Waals surface area contributed by atoms with Gasteiger partial charge in [-0.15, -0.1) is 0 Å². The van der Waals surface area contributed by atoms with Gasteiger partial charge in [0.1, 0.15) is 11.5 Å². The van der Waals surface area contributed by atoms with Crippen molar-refractivity contribution in [3.63, 3.8) is 0 Å². The fourth-order valence-electron chi connectivity index (χ4n) is 2.52. The maximum absolute atomic E-state index is 12.3. The molecule has 0 aliphatic heterocycles. The van der Waals surface area contributed by atoms with E-state index < -0.39 is 0 Å². The van der Waals surface area contributed by atoms with Gasteiger partial charge in [0.05, 0.1) is 22.8 Å². The quantitative estimate of drug-likeness (QED) is 0.556. The number of benzene rings is 2. The minimum atomic E-state index is -0.142. The standard InChI is InChI=1S/C21H18Cl2N2O2/c1-2-18-21(23)19(11-12-24-18)25-20(26)13-14-3-7-16(8-4-14)27-17-9-5-15(22)6-10-17/h3-12H,2,13H2,1H3,(H,24,25,26)/i18+2. The van der Waals surface area contributed by atoms with E-state index in [0.717, 1.165) is 11.3 Å². The van der Waals surface area contributed by atoms with Crippen LogP contribution in [-0.2, 0) is 17.6 Å². The van der Waals surface area contributed by atoms with E-state index in [4.69, 9.17) is 27.9 Å². The predicted molar refractivity (Wildman–Crippen MR) is 109 cm³/mol. The van der Waals surface area contributed by atoms with Gasteiger partial charge in [-0.3, -0.25) is 9.78 Å². The van der Waals surface area contributed by atoms with E-state index in [-0.39, 0.29) is 12.3 Å². The van der Waals surface area contributed by atoms with Crippen molar-refractivity contribution in [2.75, 3.05) is 5.32 Å². The van der Waals surface area contributed by atoms with Crippen LogP contribution >= 0.6 is 23.2 Å². The van der Waals surface area contributed by atoms with Gasteiger partial charge in [-0.2, -0.15) is 0 Å². The molecule has 0 aliphatic carbocycles. The van der Waals surface area contributed by atoms with Crippen molar-refractivity contribution >= 4 is 34.8 Å². The molecule has 0 bridgehead atoms. The van der Waals surface area contributed by atoms with Crippen LogP contribution < -0.4 is 10.1 Å². The summed E-state index contributed by atoms with van der Waals surface area (Å²) >= 11 is 12.1. The smallest absolute Gasteiger partial charge is 0.228 e. The number of anilines is 1. The van der Waals surface area contributed by atoms with Crippen molar-refractivity contribution in [2.24, 2.45) is 0 Å². The Morgan fingerprint density at radius 3 is 2.30 bits per heavy atom. The Kier molecular flexibility index (Phi) is 6.32. The third-order valence-corrected chi connectivity index (χ3v) is 4.58. The van der Waals surface area contributed by atoms with Gasteiger partial charge in [0.15, 0.2) is 0 Å². The lowest BCUT2D eigenvalue weighted by molar-refractivity contribution is -0.115. The van der Waals surface area contributed by atoms with Crippen LogP contribution in [0.5, 0.6) is 11.5 Å². The van der Waals surface area contributed by atoms with Gasteiger partial charge in [-0.05, 0) is 54.4 Å². The minimum Gasteiger partial charge on any atom is -0.457 e. The van der Waals surface area contributed by atoms with E-state index >= 15 is 0 Å². The summed E-state index contributed by atoms with van der Waals surface area (Å²) in [5, 5.41) is 3.98. The van der Waals surface area contributed by atoms with Gasteiger partial charge in [0.25, 0.3) is 0 Å². The zero-order chi connectivity index (χ0) is 19.2. The van der Waals surface area contributed by atoms with Crippen LogP contribution in [0.25, 0.3) is 0 Å². The van der Waals surface area contributed by atoms with Crippen molar-refractivity contribution in [3.8, 4) is 11.5 Å². The highest BCUT2D eigenvalue weighted by atomic mass is 35.5. The summed E-state index contributed by atoms with van der Waals surface area (Å²) in [6.45, 7) is 1.97. The molecule has 0 unspecified atom stereocenters. The lowest BCUT2D eigenvalue weighted by Gasteiger charge is -2.10. The molecule has 27 heavy (non-hydrogen) atoms. The molecule has 0 fully saturated rings. The Morgan fingerprint density at radius 2 is 1.67 bits per heavy atom. The Labute approximate surface area is 168 Å². The van der Waals surface area contributed by atoms with E-state index in [1.807, 2.05) is 31.2 Å². The number of hydrogen-bond donors (Lipinski definition) is 1. The normalized spacial score (nSPS) is 10.5. The first kappa shape index (κ1) is 19.2. The highest BCUT2D eigenvalue weighted by Gasteiger charge is 2.10. The molecule has 3 rings (SSSR count). The summed E-state index contributed by atoms with van der Waals surface area (Å²) in [7, 11) is 0. The monoisotopic (exact) mass is 402 g/mol. The SMILES string of the molecule is CC[14c]1nccc(NC(=O)Cc2ccc(Oc3ccc(Cl)cc3)cc2)c1Cl. The van der Waals surface area contributed by atoms with Crippen LogP contribution in [-0.4, -0.2) is 10.9 Å². The number of amides is 1. The molecule has 1 N–H and O–H groups in total. The molecular weight excluding hydrogens is 385 g/mol. The van der Waals surface area contributed by atoms with Gasteiger partial charge < -0.3 is 10.1 Å². The maximum atomic E-state index is 12.3. The van der Waals surface area contributed by atoms with Gasteiger partial charge in [0.2, 0.25) is 5.91 Å². The number of aromatic nitrogens is 1. The van der Waals surface area contributed by atoms with Gasteiger partial charge >= 0.3 is 0 Å². The van der Waals surface area contributed by atoms with Crippen molar-refractivity contribution in [3.05, 3.63) is 82.1 Å². The molecule has 1 amide bonds. The second-order valence-corrected chi connectivity index (χ2v) is 6.71. The first-order valence-corrected chi connectivity index (χ1v) is 9.26. The summed E-state index contributed by atoms with van der Waals surface area (Å²) in [4.78, 5) is 16.5. The highest BCUT2D eigenvalue weighted by Crippen LogP contribution is 2.25. The Bertz CT molecular complexity index is 926. The number of pyridine rings is 1. The van der Waals surface area contributed by atoms with E-state index in [0.29, 0.717) is 33.7 Å². The number of carbonyl (C=O) groups is 1. The van der Waals surface area contributed by atoms with Crippen LogP contribution in [0.1, 0.15) is 18.2 Å². The fourth-order valence-corrected chi connectivity index (χ4v) is 2.94. The molecule has 0 radical (unpaired) electrons. The fraction of sp³-hybridized carbons (Fsp3) is 0.143. The molecule has 138 valence electrons. The van der Waals surface area contributed by atoms with Crippen molar-refractivity contribution in [1.29, 1.82) is 0 Å². The first-order chi connectivity index (χ1) is 13.0. The van der Waals surface area contributed by atoms with Crippen molar-refractivity contribution < 1.29 is 9.53 Å². The second kappa shape index (κ2) is 8.89. The van der Waals surface area contributed by atoms with Crippen LogP contribution in [0.15, 0.2) is 60.8 Å². The average molecular weight is 403 g/mol. The molecule has 0 saturated heterocycles. The third kappa shape index (κ3) is 5.22. The molecule has 0 atom stereocenters. The van der Waals surface area contributed by atoms with Crippen LogP contribution in [0.3, 0.4) is 0 Å². The van der Waals surface area contributed by atoms with Gasteiger partial charge in [-0.1, -0.05) is 42.3 Å². The molecular formula is C21H18Cl2N2O2. The maximum Gasteiger partial charge on any atom is 0.228 e. The Hall–Kier alpha value is -2.56. The van der Waals surface area contributed by atoms with Gasteiger partial charge in [-0.25, -0.2) is 0 Å². The summed E-state index contributed by atoms with van der Waals surface area (Å²) in [5.41, 5.74) is 2.21. The third-order valence-electron chi connectivity index (χ3n) is 3.91. The molecule has 0 saturated carbocycles. The number of carbonyl (C=O) groups excluding carboxylic acids is 1. The van der Waals surface area contributed by atoms with Crippen molar-refractivity contribution in [1.82, 2.24) is 4.98 Å². The Morgan fingerprint density at radius 1 is 1.04 bits per heavy atom. The number of hydrogen-bond acceptors (Lipinski definition) is 3. The van der Waals surface area contributed by atoms with E-state index in [2.05, 4.69) is 10.3 Å². The number of aryl methyl sites for hydroxylation is 1. The Balaban J connectivity index is 1.61. The zero-order valence-corrected chi connectivity index (χ0v) is 16.2. The van der Waals surface area contributed by atoms with E-state index in [1.54, 1.807) is 36.5 Å². The average Bonchev–Trinajstić information content (AvgIpc) is 2.67. The lowest BCUT2D eigenvalue weighted by Crippen LogP contribution is -2.15. The predicted octanol–water partition coefficient (Wildman–Crippen LogP) is 5.92. The van der Waals surface area contributed by atoms with Gasteiger partial charge in [0, 0.05) is 11.2 Å². The highest BCUT2D eigenvalue weighted by molar-refractivity contribution is 6.34. The summed E-state index contributed by atoms with van der Waals surface area (Å²) in [6.07, 6.45) is 2.59. The molecule has 6 heteroatoms. The zero-order valence-electron chi connectivity index (χ0n) is 14.7. The molecule has 0 aliphatic rings.